The summed E-state index contributed by atoms with van der Waals surface area (Å²) in [6.07, 6.45) is 0. The standard InChI is InChI=1S/C15H14N2O2/c1-18-14-6-3-10(8-15(14)19-2)13-5-4-12(17)7-11(13)9-16/h3-8H,17H2,1-2H3. The van der Waals surface area contributed by atoms with Crippen molar-refractivity contribution in [3.8, 4) is 28.7 Å². The van der Waals surface area contributed by atoms with Gasteiger partial charge in [-0.25, -0.2) is 0 Å². The largest absolute Gasteiger partial charge is 0.493 e. The van der Waals surface area contributed by atoms with E-state index in [4.69, 9.17) is 20.5 Å². The lowest BCUT2D eigenvalue weighted by Gasteiger charge is -2.11. The van der Waals surface area contributed by atoms with E-state index in [0.29, 0.717) is 22.7 Å². The van der Waals surface area contributed by atoms with Crippen molar-refractivity contribution in [1.82, 2.24) is 0 Å². The molecule has 0 aliphatic carbocycles. The second kappa shape index (κ2) is 5.32. The van der Waals surface area contributed by atoms with Crippen LogP contribution in [0.1, 0.15) is 5.56 Å². The van der Waals surface area contributed by atoms with Gasteiger partial charge in [0.1, 0.15) is 0 Å². The van der Waals surface area contributed by atoms with Crippen LogP contribution in [-0.2, 0) is 0 Å². The van der Waals surface area contributed by atoms with E-state index in [0.717, 1.165) is 11.1 Å². The molecule has 0 aliphatic heterocycles. The second-order valence-electron chi connectivity index (χ2n) is 3.99. The Balaban J connectivity index is 2.57. The first-order valence-electron chi connectivity index (χ1n) is 5.71. The van der Waals surface area contributed by atoms with Gasteiger partial charge in [-0.1, -0.05) is 12.1 Å². The minimum atomic E-state index is 0.534. The summed E-state index contributed by atoms with van der Waals surface area (Å²) in [5.41, 5.74) is 8.49. The normalized spacial score (nSPS) is 9.74. The molecule has 0 heterocycles. The van der Waals surface area contributed by atoms with E-state index in [-0.39, 0.29) is 0 Å². The number of ether oxygens (including phenoxy) is 2. The average molecular weight is 254 g/mol. The molecule has 2 aromatic carbocycles. The van der Waals surface area contributed by atoms with Crippen molar-refractivity contribution in [3.05, 3.63) is 42.0 Å². The highest BCUT2D eigenvalue weighted by Crippen LogP contribution is 2.33. The topological polar surface area (TPSA) is 68.3 Å². The molecule has 0 atom stereocenters. The van der Waals surface area contributed by atoms with Gasteiger partial charge in [0.15, 0.2) is 11.5 Å². The Morgan fingerprint density at radius 1 is 1.00 bits per heavy atom. The van der Waals surface area contributed by atoms with E-state index >= 15 is 0 Å². The van der Waals surface area contributed by atoms with Crippen LogP contribution < -0.4 is 15.2 Å². The van der Waals surface area contributed by atoms with E-state index in [1.54, 1.807) is 26.4 Å². The molecule has 2 rings (SSSR count). The van der Waals surface area contributed by atoms with Crippen LogP contribution in [0.4, 0.5) is 5.69 Å². The van der Waals surface area contributed by atoms with Gasteiger partial charge in [-0.05, 0) is 35.4 Å². The third-order valence-electron chi connectivity index (χ3n) is 2.86. The van der Waals surface area contributed by atoms with Crippen LogP contribution in [0, 0.1) is 11.3 Å². The van der Waals surface area contributed by atoms with Gasteiger partial charge in [0.05, 0.1) is 25.9 Å². The van der Waals surface area contributed by atoms with Crippen LogP contribution in [0.2, 0.25) is 0 Å². The SMILES string of the molecule is COc1ccc(-c2ccc(N)cc2C#N)cc1OC. The summed E-state index contributed by atoms with van der Waals surface area (Å²) in [7, 11) is 3.16. The molecule has 0 unspecified atom stereocenters. The number of hydrogen-bond donors (Lipinski definition) is 1. The first-order valence-corrected chi connectivity index (χ1v) is 5.71. The lowest BCUT2D eigenvalue weighted by atomic mass is 9.99. The zero-order valence-corrected chi connectivity index (χ0v) is 10.8. The van der Waals surface area contributed by atoms with Crippen molar-refractivity contribution < 1.29 is 9.47 Å². The Hall–Kier alpha value is -2.67. The molecule has 0 saturated carbocycles. The molecule has 2 N–H and O–H groups in total. The lowest BCUT2D eigenvalue weighted by Crippen LogP contribution is -1.93. The third-order valence-corrected chi connectivity index (χ3v) is 2.86. The van der Waals surface area contributed by atoms with Gasteiger partial charge in [0.25, 0.3) is 0 Å². The Kier molecular flexibility index (Phi) is 3.58. The zero-order valence-electron chi connectivity index (χ0n) is 10.8. The number of nitrogens with two attached hydrogens (primary N) is 1. The van der Waals surface area contributed by atoms with Gasteiger partial charge in [-0.15, -0.1) is 0 Å². The molecule has 4 nitrogen and oxygen atoms in total. The molecule has 0 aromatic heterocycles. The minimum absolute atomic E-state index is 0.534. The fourth-order valence-electron chi connectivity index (χ4n) is 1.91. The van der Waals surface area contributed by atoms with Gasteiger partial charge in [0.2, 0.25) is 0 Å². The molecular weight excluding hydrogens is 240 g/mol. The third kappa shape index (κ3) is 2.45. The Morgan fingerprint density at radius 3 is 2.37 bits per heavy atom. The fourth-order valence-corrected chi connectivity index (χ4v) is 1.91. The summed E-state index contributed by atoms with van der Waals surface area (Å²) >= 11 is 0. The Labute approximate surface area is 112 Å². The maximum absolute atomic E-state index is 9.17. The van der Waals surface area contributed by atoms with Crippen molar-refractivity contribution in [2.75, 3.05) is 20.0 Å². The van der Waals surface area contributed by atoms with Crippen LogP contribution in [0.15, 0.2) is 36.4 Å². The molecule has 0 radical (unpaired) electrons. The predicted molar refractivity (Wildman–Crippen MR) is 74.1 cm³/mol. The number of hydrogen-bond acceptors (Lipinski definition) is 4. The van der Waals surface area contributed by atoms with E-state index < -0.39 is 0 Å². The molecule has 0 spiro atoms. The molecule has 0 bridgehead atoms. The van der Waals surface area contributed by atoms with Gasteiger partial charge in [-0.3, -0.25) is 0 Å². The number of anilines is 1. The summed E-state index contributed by atoms with van der Waals surface area (Å²) in [5.74, 6) is 1.28. The molecule has 0 fully saturated rings. The highest BCUT2D eigenvalue weighted by molar-refractivity contribution is 5.74. The molecule has 2 aromatic rings. The van der Waals surface area contributed by atoms with Gasteiger partial charge in [-0.2, -0.15) is 5.26 Å². The second-order valence-corrected chi connectivity index (χ2v) is 3.99. The maximum Gasteiger partial charge on any atom is 0.161 e. The monoisotopic (exact) mass is 254 g/mol. The average Bonchev–Trinajstić information content (AvgIpc) is 2.46. The van der Waals surface area contributed by atoms with Crippen molar-refractivity contribution in [2.45, 2.75) is 0 Å². The van der Waals surface area contributed by atoms with Crippen molar-refractivity contribution in [3.63, 3.8) is 0 Å². The summed E-state index contributed by atoms with van der Waals surface area (Å²) in [6.45, 7) is 0. The smallest absolute Gasteiger partial charge is 0.161 e. The number of nitrogens with zero attached hydrogens (tertiary/aromatic N) is 1. The van der Waals surface area contributed by atoms with Crippen molar-refractivity contribution >= 4 is 5.69 Å². The first kappa shape index (κ1) is 12.8. The quantitative estimate of drug-likeness (QED) is 0.855. The highest BCUT2D eigenvalue weighted by Gasteiger charge is 2.09. The molecule has 96 valence electrons. The summed E-state index contributed by atoms with van der Waals surface area (Å²) in [5, 5.41) is 9.17. The Bertz CT molecular complexity index is 645. The van der Waals surface area contributed by atoms with Gasteiger partial charge < -0.3 is 15.2 Å². The van der Waals surface area contributed by atoms with Gasteiger partial charge in [0, 0.05) is 5.69 Å². The lowest BCUT2D eigenvalue weighted by molar-refractivity contribution is 0.355. The molecule has 0 aliphatic rings. The number of methoxy groups -OCH3 is 2. The highest BCUT2D eigenvalue weighted by atomic mass is 16.5. The van der Waals surface area contributed by atoms with Crippen molar-refractivity contribution in [1.29, 1.82) is 5.26 Å². The number of nitriles is 1. The van der Waals surface area contributed by atoms with E-state index in [1.165, 1.54) is 0 Å². The molecule has 0 saturated heterocycles. The predicted octanol–water partition coefficient (Wildman–Crippen LogP) is 2.82. The van der Waals surface area contributed by atoms with Crippen LogP contribution in [0.25, 0.3) is 11.1 Å². The molecule has 4 heteroatoms. The summed E-state index contributed by atoms with van der Waals surface area (Å²) < 4.78 is 10.5. The van der Waals surface area contributed by atoms with Crippen LogP contribution in [-0.4, -0.2) is 14.2 Å². The number of benzene rings is 2. The van der Waals surface area contributed by atoms with Crippen LogP contribution in [0.5, 0.6) is 11.5 Å². The minimum Gasteiger partial charge on any atom is -0.493 e. The zero-order chi connectivity index (χ0) is 13.8. The number of nitrogen functional groups attached to an aromatic ring is 1. The van der Waals surface area contributed by atoms with Crippen LogP contribution >= 0.6 is 0 Å². The molecular formula is C15H14N2O2. The van der Waals surface area contributed by atoms with E-state index in [2.05, 4.69) is 6.07 Å². The molecule has 0 amide bonds. The summed E-state index contributed by atoms with van der Waals surface area (Å²) in [6, 6.07) is 12.9. The Morgan fingerprint density at radius 2 is 1.74 bits per heavy atom. The van der Waals surface area contributed by atoms with Crippen molar-refractivity contribution in [2.24, 2.45) is 0 Å². The van der Waals surface area contributed by atoms with E-state index in [1.807, 2.05) is 24.3 Å². The van der Waals surface area contributed by atoms with Crippen LogP contribution in [0.3, 0.4) is 0 Å². The number of rotatable bonds is 3. The van der Waals surface area contributed by atoms with Gasteiger partial charge >= 0.3 is 0 Å². The summed E-state index contributed by atoms with van der Waals surface area (Å²) in [4.78, 5) is 0. The first-order chi connectivity index (χ1) is 9.19. The fraction of sp³-hybridized carbons (Fsp3) is 0.133. The van der Waals surface area contributed by atoms with E-state index in [9.17, 15) is 0 Å². The molecule has 19 heavy (non-hydrogen) atoms. The maximum atomic E-state index is 9.17.